The number of carbonyl (C=O) groups excluding carboxylic acids is 1. The summed E-state index contributed by atoms with van der Waals surface area (Å²) in [5.41, 5.74) is 1.77. The minimum absolute atomic E-state index is 0.0553. The number of hydrogen-bond donors (Lipinski definition) is 2. The van der Waals surface area contributed by atoms with Crippen molar-refractivity contribution in [1.82, 2.24) is 5.32 Å². The zero-order valence-electron chi connectivity index (χ0n) is 12.7. The number of ether oxygens (including phenoxy) is 2. The lowest BCUT2D eigenvalue weighted by atomic mass is 10.0. The molecule has 1 aromatic rings. The largest absolute Gasteiger partial charge is 0.487 e. The molecule has 5 nitrogen and oxygen atoms in total. The van der Waals surface area contributed by atoms with Gasteiger partial charge in [-0.1, -0.05) is 0 Å². The van der Waals surface area contributed by atoms with E-state index in [1.807, 2.05) is 25.1 Å². The number of carbonyl (C=O) groups is 1. The van der Waals surface area contributed by atoms with Gasteiger partial charge in [-0.2, -0.15) is 0 Å². The SMILES string of the molecule is C[C@H]1OCCN[C@@H]1C(=O)Nc1ccc2c(c1)CC(C)(C)O2. The van der Waals surface area contributed by atoms with Crippen molar-refractivity contribution in [3.8, 4) is 5.75 Å². The predicted octanol–water partition coefficient (Wildman–Crippen LogP) is 1.72. The summed E-state index contributed by atoms with van der Waals surface area (Å²) in [5.74, 6) is 0.853. The van der Waals surface area contributed by atoms with Gasteiger partial charge in [0.1, 0.15) is 17.4 Å². The summed E-state index contributed by atoms with van der Waals surface area (Å²) in [4.78, 5) is 12.3. The maximum Gasteiger partial charge on any atom is 0.244 e. The van der Waals surface area contributed by atoms with Crippen LogP contribution in [0.1, 0.15) is 26.3 Å². The molecular weight excluding hydrogens is 268 g/mol. The second-order valence-electron chi connectivity index (χ2n) is 6.36. The van der Waals surface area contributed by atoms with Gasteiger partial charge in [0.2, 0.25) is 5.91 Å². The molecule has 5 heteroatoms. The Hall–Kier alpha value is -1.59. The lowest BCUT2D eigenvalue weighted by Crippen LogP contribution is -2.53. The second-order valence-corrected chi connectivity index (χ2v) is 6.36. The summed E-state index contributed by atoms with van der Waals surface area (Å²) in [7, 11) is 0. The molecule has 0 saturated carbocycles. The lowest BCUT2D eigenvalue weighted by Gasteiger charge is -2.29. The average Bonchev–Trinajstić information content (AvgIpc) is 2.72. The molecule has 114 valence electrons. The van der Waals surface area contributed by atoms with E-state index in [4.69, 9.17) is 9.47 Å². The molecule has 2 heterocycles. The van der Waals surface area contributed by atoms with Crippen LogP contribution >= 0.6 is 0 Å². The second kappa shape index (κ2) is 5.31. The summed E-state index contributed by atoms with van der Waals surface area (Å²) >= 11 is 0. The summed E-state index contributed by atoms with van der Waals surface area (Å²) < 4.78 is 11.3. The zero-order valence-corrected chi connectivity index (χ0v) is 12.7. The quantitative estimate of drug-likeness (QED) is 0.870. The van der Waals surface area contributed by atoms with E-state index in [1.165, 1.54) is 0 Å². The highest BCUT2D eigenvalue weighted by molar-refractivity contribution is 5.95. The Balaban J connectivity index is 1.70. The minimum Gasteiger partial charge on any atom is -0.487 e. The van der Waals surface area contributed by atoms with E-state index in [2.05, 4.69) is 24.5 Å². The summed E-state index contributed by atoms with van der Waals surface area (Å²) in [6.45, 7) is 7.40. The standard InChI is InChI=1S/C16H22N2O3/c1-10-14(17-6-7-20-10)15(19)18-12-4-5-13-11(8-12)9-16(2,3)21-13/h4-5,8,10,14,17H,6-7,9H2,1-3H3,(H,18,19)/t10-,14+/m1/s1. The molecule has 2 atom stereocenters. The molecule has 0 aliphatic carbocycles. The number of anilines is 1. The zero-order chi connectivity index (χ0) is 15.0. The highest BCUT2D eigenvalue weighted by atomic mass is 16.5. The molecule has 1 aromatic carbocycles. The Labute approximate surface area is 125 Å². The van der Waals surface area contributed by atoms with Crippen LogP contribution in [0.3, 0.4) is 0 Å². The highest BCUT2D eigenvalue weighted by Gasteiger charge is 2.31. The van der Waals surface area contributed by atoms with Gasteiger partial charge in [0, 0.05) is 24.2 Å². The van der Waals surface area contributed by atoms with Gasteiger partial charge in [-0.3, -0.25) is 4.79 Å². The van der Waals surface area contributed by atoms with E-state index < -0.39 is 0 Å². The van der Waals surface area contributed by atoms with Crippen molar-refractivity contribution in [1.29, 1.82) is 0 Å². The Kier molecular flexibility index (Phi) is 3.63. The number of fused-ring (bicyclic) bond motifs is 1. The fourth-order valence-corrected chi connectivity index (χ4v) is 2.93. The van der Waals surface area contributed by atoms with Crippen LogP contribution in [0.5, 0.6) is 5.75 Å². The molecule has 1 amide bonds. The van der Waals surface area contributed by atoms with Crippen LogP contribution in [0.2, 0.25) is 0 Å². The summed E-state index contributed by atoms with van der Waals surface area (Å²) in [5, 5.41) is 6.15. The summed E-state index contributed by atoms with van der Waals surface area (Å²) in [6.07, 6.45) is 0.739. The van der Waals surface area contributed by atoms with Crippen LogP contribution in [0.25, 0.3) is 0 Å². The van der Waals surface area contributed by atoms with Gasteiger partial charge in [-0.15, -0.1) is 0 Å². The van der Waals surface area contributed by atoms with Crippen LogP contribution in [0.4, 0.5) is 5.69 Å². The van der Waals surface area contributed by atoms with Gasteiger partial charge in [-0.25, -0.2) is 0 Å². The monoisotopic (exact) mass is 290 g/mol. The molecule has 2 N–H and O–H groups in total. The molecule has 21 heavy (non-hydrogen) atoms. The van der Waals surface area contributed by atoms with E-state index >= 15 is 0 Å². The van der Waals surface area contributed by atoms with Crippen LogP contribution in [0.15, 0.2) is 18.2 Å². The van der Waals surface area contributed by atoms with Crippen LogP contribution in [-0.2, 0) is 16.0 Å². The lowest BCUT2D eigenvalue weighted by molar-refractivity contribution is -0.123. The fraction of sp³-hybridized carbons (Fsp3) is 0.562. The van der Waals surface area contributed by atoms with Crippen molar-refractivity contribution < 1.29 is 14.3 Å². The molecule has 3 rings (SSSR count). The molecule has 1 fully saturated rings. The molecule has 0 unspecified atom stereocenters. The normalized spacial score (nSPS) is 26.8. The highest BCUT2D eigenvalue weighted by Crippen LogP contribution is 2.36. The van der Waals surface area contributed by atoms with E-state index in [9.17, 15) is 4.79 Å². The van der Waals surface area contributed by atoms with Gasteiger partial charge in [0.25, 0.3) is 0 Å². The van der Waals surface area contributed by atoms with Crippen molar-refractivity contribution in [3.05, 3.63) is 23.8 Å². The van der Waals surface area contributed by atoms with Crippen molar-refractivity contribution in [2.75, 3.05) is 18.5 Å². The molecule has 0 spiro atoms. The average molecular weight is 290 g/mol. The third-order valence-electron chi connectivity index (χ3n) is 3.93. The molecular formula is C16H22N2O3. The number of amides is 1. The topological polar surface area (TPSA) is 59.6 Å². The van der Waals surface area contributed by atoms with Gasteiger partial charge < -0.3 is 20.1 Å². The number of hydrogen-bond acceptors (Lipinski definition) is 4. The Morgan fingerprint density at radius 3 is 3.00 bits per heavy atom. The number of morpholine rings is 1. The van der Waals surface area contributed by atoms with Gasteiger partial charge >= 0.3 is 0 Å². The van der Waals surface area contributed by atoms with Crippen LogP contribution < -0.4 is 15.4 Å². The van der Waals surface area contributed by atoms with Gasteiger partial charge in [-0.05, 0) is 39.0 Å². The third kappa shape index (κ3) is 3.04. The van der Waals surface area contributed by atoms with Crippen molar-refractivity contribution in [2.45, 2.75) is 44.9 Å². The Bertz CT molecular complexity index is 556. The maximum absolute atomic E-state index is 12.3. The van der Waals surface area contributed by atoms with E-state index in [0.717, 1.165) is 23.4 Å². The fourth-order valence-electron chi connectivity index (χ4n) is 2.93. The minimum atomic E-state index is -0.306. The first-order valence-corrected chi connectivity index (χ1v) is 7.42. The maximum atomic E-state index is 12.3. The number of benzene rings is 1. The van der Waals surface area contributed by atoms with E-state index in [1.54, 1.807) is 0 Å². The molecule has 0 bridgehead atoms. The molecule has 2 aliphatic rings. The van der Waals surface area contributed by atoms with Crippen LogP contribution in [0, 0.1) is 0 Å². The van der Waals surface area contributed by atoms with Crippen molar-refractivity contribution in [2.24, 2.45) is 0 Å². The molecule has 1 saturated heterocycles. The first kappa shape index (κ1) is 14.4. The predicted molar refractivity (Wildman–Crippen MR) is 80.7 cm³/mol. The van der Waals surface area contributed by atoms with E-state index in [0.29, 0.717) is 13.2 Å². The number of rotatable bonds is 2. The number of nitrogens with one attached hydrogen (secondary N) is 2. The first-order chi connectivity index (χ1) is 9.94. The molecule has 0 aromatic heterocycles. The molecule has 2 aliphatic heterocycles. The first-order valence-electron chi connectivity index (χ1n) is 7.42. The van der Waals surface area contributed by atoms with Crippen molar-refractivity contribution in [3.63, 3.8) is 0 Å². The van der Waals surface area contributed by atoms with Gasteiger partial charge in [0.15, 0.2) is 0 Å². The Morgan fingerprint density at radius 1 is 1.43 bits per heavy atom. The van der Waals surface area contributed by atoms with Gasteiger partial charge in [0.05, 0.1) is 12.7 Å². The Morgan fingerprint density at radius 2 is 2.24 bits per heavy atom. The van der Waals surface area contributed by atoms with Crippen molar-refractivity contribution >= 4 is 11.6 Å². The van der Waals surface area contributed by atoms with Crippen LogP contribution in [-0.4, -0.2) is 36.8 Å². The molecule has 0 radical (unpaired) electrons. The summed E-state index contributed by atoms with van der Waals surface area (Å²) in [6, 6.07) is 5.50. The third-order valence-corrected chi connectivity index (χ3v) is 3.93. The smallest absolute Gasteiger partial charge is 0.244 e. The van der Waals surface area contributed by atoms with E-state index in [-0.39, 0.29) is 23.7 Å².